The van der Waals surface area contributed by atoms with Gasteiger partial charge in [0.05, 0.1) is 0 Å². The standard InChI is InChI=1S/C13H11F3N2/c14-8-5-7-12(17)6-3-1-2-4-9(6)18-13(7)11(16)10(8)15/h5H,1-4H2,(H2,17,18). The van der Waals surface area contributed by atoms with Crippen molar-refractivity contribution in [2.75, 3.05) is 5.73 Å². The smallest absolute Gasteiger partial charge is 0.196 e. The molecular formula is C13H11F3N2. The van der Waals surface area contributed by atoms with Gasteiger partial charge in [0.25, 0.3) is 0 Å². The number of nitrogens with two attached hydrogens (primary N) is 1. The van der Waals surface area contributed by atoms with E-state index in [0.29, 0.717) is 17.8 Å². The van der Waals surface area contributed by atoms with Crippen LogP contribution in [0, 0.1) is 17.5 Å². The van der Waals surface area contributed by atoms with Gasteiger partial charge in [0, 0.05) is 16.8 Å². The second kappa shape index (κ2) is 3.86. The van der Waals surface area contributed by atoms with Crippen molar-refractivity contribution < 1.29 is 13.2 Å². The summed E-state index contributed by atoms with van der Waals surface area (Å²) in [5, 5.41) is 0.159. The number of hydrogen-bond donors (Lipinski definition) is 1. The van der Waals surface area contributed by atoms with Crippen LogP contribution in [0.3, 0.4) is 0 Å². The van der Waals surface area contributed by atoms with E-state index in [1.54, 1.807) is 0 Å². The molecule has 0 saturated heterocycles. The molecule has 0 atom stereocenters. The molecule has 3 rings (SSSR count). The van der Waals surface area contributed by atoms with Crippen LogP contribution < -0.4 is 5.73 Å². The number of anilines is 1. The molecule has 0 amide bonds. The van der Waals surface area contributed by atoms with Gasteiger partial charge in [-0.25, -0.2) is 18.2 Å². The van der Waals surface area contributed by atoms with Crippen LogP contribution in [-0.4, -0.2) is 4.98 Å². The summed E-state index contributed by atoms with van der Waals surface area (Å²) in [5.74, 6) is -3.99. The molecule has 5 heteroatoms. The van der Waals surface area contributed by atoms with Crippen LogP contribution in [0.5, 0.6) is 0 Å². The Morgan fingerprint density at radius 3 is 2.56 bits per heavy atom. The van der Waals surface area contributed by atoms with Crippen LogP contribution in [0.4, 0.5) is 18.9 Å². The fourth-order valence-corrected chi connectivity index (χ4v) is 2.50. The van der Waals surface area contributed by atoms with Gasteiger partial charge in [0.15, 0.2) is 17.5 Å². The summed E-state index contributed by atoms with van der Waals surface area (Å²) in [6, 6.07) is 0.922. The minimum Gasteiger partial charge on any atom is -0.398 e. The Morgan fingerprint density at radius 2 is 1.78 bits per heavy atom. The first-order chi connectivity index (χ1) is 8.59. The van der Waals surface area contributed by atoms with E-state index in [2.05, 4.69) is 4.98 Å². The number of nitrogens with zero attached hydrogens (tertiary/aromatic N) is 1. The highest BCUT2D eigenvalue weighted by Gasteiger charge is 2.21. The van der Waals surface area contributed by atoms with Crippen LogP contribution in [0.1, 0.15) is 24.1 Å². The molecule has 1 heterocycles. The highest BCUT2D eigenvalue weighted by Crippen LogP contribution is 2.33. The van der Waals surface area contributed by atoms with Gasteiger partial charge in [-0.05, 0) is 37.3 Å². The Labute approximate surface area is 102 Å². The molecule has 0 bridgehead atoms. The summed E-state index contributed by atoms with van der Waals surface area (Å²) in [4.78, 5) is 4.12. The summed E-state index contributed by atoms with van der Waals surface area (Å²) in [6.07, 6.45) is 3.39. The fourth-order valence-electron chi connectivity index (χ4n) is 2.50. The lowest BCUT2D eigenvalue weighted by atomic mass is 9.93. The molecule has 0 spiro atoms. The number of nitrogen functional groups attached to an aromatic ring is 1. The second-order valence-electron chi connectivity index (χ2n) is 4.54. The predicted molar refractivity (Wildman–Crippen MR) is 62.7 cm³/mol. The number of rotatable bonds is 0. The average molecular weight is 252 g/mol. The van der Waals surface area contributed by atoms with E-state index in [9.17, 15) is 13.2 Å². The van der Waals surface area contributed by atoms with Gasteiger partial charge in [0.1, 0.15) is 5.52 Å². The number of fused-ring (bicyclic) bond motifs is 2. The number of pyridine rings is 1. The number of halogens is 3. The van der Waals surface area contributed by atoms with Crippen LogP contribution in [0.25, 0.3) is 10.9 Å². The first-order valence-corrected chi connectivity index (χ1v) is 5.84. The van der Waals surface area contributed by atoms with E-state index >= 15 is 0 Å². The van der Waals surface area contributed by atoms with Crippen molar-refractivity contribution in [2.45, 2.75) is 25.7 Å². The molecule has 0 radical (unpaired) electrons. The maximum absolute atomic E-state index is 13.7. The third kappa shape index (κ3) is 1.46. The van der Waals surface area contributed by atoms with Crippen molar-refractivity contribution in [1.29, 1.82) is 0 Å². The van der Waals surface area contributed by atoms with Gasteiger partial charge in [-0.2, -0.15) is 0 Å². The largest absolute Gasteiger partial charge is 0.398 e. The van der Waals surface area contributed by atoms with Crippen LogP contribution >= 0.6 is 0 Å². The summed E-state index contributed by atoms with van der Waals surface area (Å²) in [6.45, 7) is 0. The van der Waals surface area contributed by atoms with Crippen molar-refractivity contribution in [3.05, 3.63) is 34.8 Å². The van der Waals surface area contributed by atoms with Gasteiger partial charge in [-0.1, -0.05) is 0 Å². The molecule has 2 aromatic rings. The first kappa shape index (κ1) is 11.3. The topological polar surface area (TPSA) is 38.9 Å². The average Bonchev–Trinajstić information content (AvgIpc) is 2.38. The lowest BCUT2D eigenvalue weighted by Gasteiger charge is -2.18. The molecule has 2 N–H and O–H groups in total. The fraction of sp³-hybridized carbons (Fsp3) is 0.308. The number of hydrogen-bond acceptors (Lipinski definition) is 2. The normalized spacial score (nSPS) is 14.8. The highest BCUT2D eigenvalue weighted by molar-refractivity contribution is 5.92. The second-order valence-corrected chi connectivity index (χ2v) is 4.54. The Balaban J connectivity index is 2.42. The lowest BCUT2D eigenvalue weighted by molar-refractivity contribution is 0.452. The van der Waals surface area contributed by atoms with Crippen molar-refractivity contribution in [3.63, 3.8) is 0 Å². The zero-order valence-electron chi connectivity index (χ0n) is 9.56. The molecule has 0 fully saturated rings. The molecule has 18 heavy (non-hydrogen) atoms. The quantitative estimate of drug-likeness (QED) is 0.732. The van der Waals surface area contributed by atoms with Crippen molar-refractivity contribution in [1.82, 2.24) is 4.98 Å². The van der Waals surface area contributed by atoms with E-state index < -0.39 is 17.5 Å². The van der Waals surface area contributed by atoms with Gasteiger partial charge in [-0.3, -0.25) is 0 Å². The third-order valence-corrected chi connectivity index (χ3v) is 3.44. The summed E-state index contributed by atoms with van der Waals surface area (Å²) in [5.41, 5.74) is 7.64. The lowest BCUT2D eigenvalue weighted by Crippen LogP contribution is -2.10. The Hall–Kier alpha value is -1.78. The van der Waals surface area contributed by atoms with Crippen LogP contribution in [0.15, 0.2) is 6.07 Å². The van der Waals surface area contributed by atoms with E-state index in [-0.39, 0.29) is 10.9 Å². The molecule has 94 valence electrons. The predicted octanol–water partition coefficient (Wildman–Crippen LogP) is 3.11. The summed E-state index contributed by atoms with van der Waals surface area (Å²) < 4.78 is 40.1. The van der Waals surface area contributed by atoms with Crippen molar-refractivity contribution in [3.8, 4) is 0 Å². The highest BCUT2D eigenvalue weighted by atomic mass is 19.2. The third-order valence-electron chi connectivity index (χ3n) is 3.44. The molecule has 0 aliphatic heterocycles. The Morgan fingerprint density at radius 1 is 1.06 bits per heavy atom. The summed E-state index contributed by atoms with van der Waals surface area (Å²) >= 11 is 0. The van der Waals surface area contributed by atoms with Gasteiger partial charge in [-0.15, -0.1) is 0 Å². The van der Waals surface area contributed by atoms with Crippen LogP contribution in [0.2, 0.25) is 0 Å². The molecule has 1 aromatic heterocycles. The molecule has 0 unspecified atom stereocenters. The zero-order valence-corrected chi connectivity index (χ0v) is 9.56. The molecule has 1 aliphatic rings. The Bertz CT molecular complexity index is 653. The van der Waals surface area contributed by atoms with Crippen LogP contribution in [-0.2, 0) is 12.8 Å². The molecule has 0 saturated carbocycles. The SMILES string of the molecule is Nc1c2c(nc3c(F)c(F)c(F)cc13)CCCC2. The Kier molecular flexibility index (Phi) is 2.43. The zero-order chi connectivity index (χ0) is 12.9. The minimum atomic E-state index is -1.50. The van der Waals surface area contributed by atoms with E-state index in [1.807, 2.05) is 0 Å². The molecular weight excluding hydrogens is 241 g/mol. The van der Waals surface area contributed by atoms with Crippen molar-refractivity contribution >= 4 is 16.6 Å². The van der Waals surface area contributed by atoms with Gasteiger partial charge in [0.2, 0.25) is 0 Å². The minimum absolute atomic E-state index is 0.159. The summed E-state index contributed by atoms with van der Waals surface area (Å²) in [7, 11) is 0. The van der Waals surface area contributed by atoms with E-state index in [4.69, 9.17) is 5.73 Å². The number of benzene rings is 1. The first-order valence-electron chi connectivity index (χ1n) is 5.84. The molecule has 2 nitrogen and oxygen atoms in total. The number of aromatic nitrogens is 1. The van der Waals surface area contributed by atoms with E-state index in [0.717, 1.165) is 30.9 Å². The van der Waals surface area contributed by atoms with Gasteiger partial charge < -0.3 is 5.73 Å². The maximum atomic E-state index is 13.7. The van der Waals surface area contributed by atoms with Gasteiger partial charge >= 0.3 is 0 Å². The van der Waals surface area contributed by atoms with E-state index in [1.165, 1.54) is 0 Å². The molecule has 1 aliphatic carbocycles. The molecule has 1 aromatic carbocycles. The monoisotopic (exact) mass is 252 g/mol. The van der Waals surface area contributed by atoms with Crippen molar-refractivity contribution in [2.24, 2.45) is 0 Å². The number of aryl methyl sites for hydroxylation is 1. The maximum Gasteiger partial charge on any atom is 0.196 e.